The Morgan fingerprint density at radius 1 is 0.268 bits per heavy atom. The van der Waals surface area contributed by atoms with Crippen molar-refractivity contribution in [3.63, 3.8) is 0 Å². The number of hydrogen-bond donors (Lipinski definition) is 0. The molecule has 0 saturated carbocycles. The summed E-state index contributed by atoms with van der Waals surface area (Å²) in [6.45, 7) is 4.76. The highest BCUT2D eigenvalue weighted by Gasteiger charge is 2.50. The highest BCUT2D eigenvalue weighted by Crippen LogP contribution is 2.63. The topological polar surface area (TPSA) is 38.7 Å². The third-order valence-corrected chi connectivity index (χ3v) is 16.3. The van der Waals surface area contributed by atoms with Crippen molar-refractivity contribution in [1.82, 2.24) is 15.0 Å². The van der Waals surface area contributed by atoms with Crippen LogP contribution in [0.2, 0.25) is 0 Å². The summed E-state index contributed by atoms with van der Waals surface area (Å²) in [6.07, 6.45) is 0. The molecule has 71 heavy (non-hydrogen) atoms. The molecule has 1 spiro atoms. The number of fused-ring (bicyclic) bond motifs is 14. The Labute approximate surface area is 418 Å². The summed E-state index contributed by atoms with van der Waals surface area (Å²) in [5.41, 5.74) is 21.6. The average Bonchev–Trinajstić information content (AvgIpc) is 3.60. The zero-order valence-electron chi connectivity index (χ0n) is 39.3. The molecule has 4 heteroatoms. The third-order valence-electron chi connectivity index (χ3n) is 15.2. The Kier molecular flexibility index (Phi) is 9.39. The fraction of sp³-hybridized carbons (Fsp3) is 0.0597. The lowest BCUT2D eigenvalue weighted by atomic mass is 9.62. The van der Waals surface area contributed by atoms with E-state index in [9.17, 15) is 0 Å². The van der Waals surface area contributed by atoms with E-state index in [4.69, 9.17) is 15.0 Å². The number of nitrogens with zero attached hydrogens (tertiary/aromatic N) is 3. The molecule has 0 amide bonds. The van der Waals surface area contributed by atoms with Gasteiger partial charge in [-0.2, -0.15) is 0 Å². The zero-order chi connectivity index (χ0) is 47.3. The van der Waals surface area contributed by atoms with Crippen molar-refractivity contribution in [2.24, 2.45) is 0 Å². The van der Waals surface area contributed by atoms with Gasteiger partial charge in [0.25, 0.3) is 0 Å². The average molecular weight is 924 g/mol. The maximum atomic E-state index is 5.51. The molecule has 2 heterocycles. The maximum Gasteiger partial charge on any atom is 0.164 e. The summed E-state index contributed by atoms with van der Waals surface area (Å²) < 4.78 is 0. The van der Waals surface area contributed by atoms with Crippen molar-refractivity contribution in [1.29, 1.82) is 0 Å². The lowest BCUT2D eigenvalue weighted by Gasteiger charge is -2.43. The van der Waals surface area contributed by atoms with Gasteiger partial charge in [-0.1, -0.05) is 220 Å². The van der Waals surface area contributed by atoms with Gasteiger partial charge in [-0.15, -0.1) is 0 Å². The third kappa shape index (κ3) is 6.41. The molecule has 0 radical (unpaired) electrons. The number of benzene rings is 10. The predicted octanol–water partition coefficient (Wildman–Crippen LogP) is 17.0. The first-order valence-electron chi connectivity index (χ1n) is 24.4. The van der Waals surface area contributed by atoms with Crippen LogP contribution in [0.5, 0.6) is 0 Å². The van der Waals surface area contributed by atoms with Gasteiger partial charge in [0, 0.05) is 31.9 Å². The van der Waals surface area contributed by atoms with Gasteiger partial charge < -0.3 is 0 Å². The van der Waals surface area contributed by atoms with Crippen LogP contribution in [0.4, 0.5) is 0 Å². The fourth-order valence-corrected chi connectivity index (χ4v) is 13.1. The highest BCUT2D eigenvalue weighted by atomic mass is 32.2. The van der Waals surface area contributed by atoms with Crippen LogP contribution in [0.25, 0.3) is 89.8 Å². The standard InChI is InChI=1S/C67H45N3S/c1-66(2)55-30-16-14-29-52(55)54-40-60-62(41-58(54)66)71-61-33-19-18-32-57(61)67(60)56-31-17-15-28-51(56)49-26-12-13-27-50(49)53-35-34-45(39-59(53)67)64-68-63(44-24-10-5-11-25-44)69-65(70-64)48-37-46(42-20-6-3-7-21-42)36-47(38-48)43-22-8-4-9-23-43/h3-41H,1-2H3. The first-order chi connectivity index (χ1) is 34.9. The molecule has 0 saturated heterocycles. The summed E-state index contributed by atoms with van der Waals surface area (Å²) in [5.74, 6) is 1.86. The summed E-state index contributed by atoms with van der Waals surface area (Å²) >= 11 is 1.90. The molecule has 10 aromatic carbocycles. The Hall–Kier alpha value is -8.44. The minimum absolute atomic E-state index is 0.149. The number of hydrogen-bond acceptors (Lipinski definition) is 4. The van der Waals surface area contributed by atoms with Crippen LogP contribution in [0.1, 0.15) is 47.2 Å². The van der Waals surface area contributed by atoms with Gasteiger partial charge in [-0.05, 0) is 131 Å². The van der Waals surface area contributed by atoms with Crippen LogP contribution in [0, 0.1) is 0 Å². The lowest BCUT2D eigenvalue weighted by Crippen LogP contribution is -2.35. The SMILES string of the molecule is CC1(C)c2ccccc2-c2cc3c(cc21)Sc1ccccc1C31c2ccccc2-c2ccccc2-c2ccc(-c3nc(-c4ccccc4)nc(-c4cc(-c5ccccc5)cc(-c5ccccc5)c4)n3)cc21. The molecular weight excluding hydrogens is 879 g/mol. The largest absolute Gasteiger partial charge is 0.208 e. The van der Waals surface area contributed by atoms with Gasteiger partial charge >= 0.3 is 0 Å². The minimum Gasteiger partial charge on any atom is -0.208 e. The highest BCUT2D eigenvalue weighted by molar-refractivity contribution is 7.99. The van der Waals surface area contributed by atoms with Crippen LogP contribution >= 0.6 is 11.8 Å². The van der Waals surface area contributed by atoms with E-state index in [0.717, 1.165) is 38.9 Å². The summed E-state index contributed by atoms with van der Waals surface area (Å²) in [7, 11) is 0. The lowest BCUT2D eigenvalue weighted by molar-refractivity contribution is 0.653. The minimum atomic E-state index is -0.735. The smallest absolute Gasteiger partial charge is 0.164 e. The maximum absolute atomic E-state index is 5.51. The molecule has 0 fully saturated rings. The number of rotatable bonds is 5. The van der Waals surface area contributed by atoms with E-state index in [1.165, 1.54) is 76.6 Å². The molecule has 14 rings (SSSR count). The van der Waals surface area contributed by atoms with E-state index in [2.05, 4.69) is 244 Å². The molecule has 2 aliphatic carbocycles. The summed E-state index contributed by atoms with van der Waals surface area (Å²) in [5, 5.41) is 0. The second-order valence-electron chi connectivity index (χ2n) is 19.5. The Morgan fingerprint density at radius 3 is 1.37 bits per heavy atom. The summed E-state index contributed by atoms with van der Waals surface area (Å²) in [4.78, 5) is 18.8. The van der Waals surface area contributed by atoms with E-state index in [1.54, 1.807) is 0 Å². The van der Waals surface area contributed by atoms with Crippen molar-refractivity contribution in [2.75, 3.05) is 0 Å². The second-order valence-corrected chi connectivity index (χ2v) is 20.6. The molecule has 1 aliphatic heterocycles. The van der Waals surface area contributed by atoms with Gasteiger partial charge in [-0.3, -0.25) is 0 Å². The van der Waals surface area contributed by atoms with E-state index in [0.29, 0.717) is 17.5 Å². The van der Waals surface area contributed by atoms with Gasteiger partial charge in [-0.25, -0.2) is 15.0 Å². The van der Waals surface area contributed by atoms with Crippen molar-refractivity contribution in [3.05, 3.63) is 270 Å². The van der Waals surface area contributed by atoms with Crippen molar-refractivity contribution in [3.8, 4) is 89.8 Å². The Balaban J connectivity index is 1.07. The molecule has 3 aliphatic rings. The Bertz CT molecular complexity index is 3880. The normalized spacial score (nSPS) is 15.3. The molecule has 334 valence electrons. The van der Waals surface area contributed by atoms with E-state index < -0.39 is 5.41 Å². The molecule has 0 N–H and O–H groups in total. The number of aromatic nitrogens is 3. The molecule has 1 aromatic heterocycles. The second kappa shape index (κ2) is 16.1. The fourth-order valence-electron chi connectivity index (χ4n) is 11.9. The van der Waals surface area contributed by atoms with Crippen LogP contribution in [0.3, 0.4) is 0 Å². The van der Waals surface area contributed by atoms with Crippen molar-refractivity contribution < 1.29 is 0 Å². The first kappa shape index (κ1) is 41.5. The van der Waals surface area contributed by atoms with Crippen LogP contribution in [-0.2, 0) is 10.8 Å². The van der Waals surface area contributed by atoms with Gasteiger partial charge in [0.1, 0.15) is 0 Å². The molecule has 11 aromatic rings. The van der Waals surface area contributed by atoms with E-state index in [1.807, 2.05) is 17.8 Å². The van der Waals surface area contributed by atoms with Gasteiger partial charge in [0.15, 0.2) is 17.5 Å². The van der Waals surface area contributed by atoms with Crippen LogP contribution in [0.15, 0.2) is 246 Å². The molecule has 1 atom stereocenters. The van der Waals surface area contributed by atoms with Crippen molar-refractivity contribution in [2.45, 2.75) is 34.5 Å². The Morgan fingerprint density at radius 2 is 0.732 bits per heavy atom. The van der Waals surface area contributed by atoms with Crippen LogP contribution < -0.4 is 0 Å². The monoisotopic (exact) mass is 923 g/mol. The van der Waals surface area contributed by atoms with E-state index >= 15 is 0 Å². The van der Waals surface area contributed by atoms with Gasteiger partial charge in [0.05, 0.1) is 5.41 Å². The van der Waals surface area contributed by atoms with Crippen molar-refractivity contribution >= 4 is 11.8 Å². The molecular formula is C67H45N3S. The summed E-state index contributed by atoms with van der Waals surface area (Å²) in [6, 6.07) is 86.5. The molecule has 0 bridgehead atoms. The predicted molar refractivity (Wildman–Crippen MR) is 291 cm³/mol. The van der Waals surface area contributed by atoms with Gasteiger partial charge in [0.2, 0.25) is 0 Å². The van der Waals surface area contributed by atoms with Crippen LogP contribution in [-0.4, -0.2) is 15.0 Å². The zero-order valence-corrected chi connectivity index (χ0v) is 40.1. The van der Waals surface area contributed by atoms with E-state index in [-0.39, 0.29) is 5.41 Å². The molecule has 1 unspecified atom stereocenters. The first-order valence-corrected chi connectivity index (χ1v) is 25.2. The quantitative estimate of drug-likeness (QED) is 0.172. The molecule has 3 nitrogen and oxygen atoms in total.